The first kappa shape index (κ1) is 17.3. The summed E-state index contributed by atoms with van der Waals surface area (Å²) in [5, 5.41) is 3.67. The number of halogens is 2. The van der Waals surface area contributed by atoms with Crippen molar-refractivity contribution in [1.82, 2.24) is 5.32 Å². The molecule has 0 spiro atoms. The first-order chi connectivity index (χ1) is 12.3. The molecule has 2 aliphatic rings. The Labute approximate surface area is 152 Å². The van der Waals surface area contributed by atoms with Crippen molar-refractivity contribution in [3.05, 3.63) is 71.3 Å². The van der Waals surface area contributed by atoms with Gasteiger partial charge in [-0.1, -0.05) is 44.5 Å². The number of rotatable bonds is 2. The van der Waals surface area contributed by atoms with Crippen LogP contribution in [-0.4, -0.2) is 5.78 Å². The summed E-state index contributed by atoms with van der Waals surface area (Å²) in [6.07, 6.45) is 2.59. The fraction of sp³-hybridized carbons (Fsp3) is 0.409. The number of carbonyl (C=O) groups excluding carboxylic acids is 1. The van der Waals surface area contributed by atoms with Crippen LogP contribution < -0.4 is 5.32 Å². The third-order valence-electron chi connectivity index (χ3n) is 6.44. The lowest BCUT2D eigenvalue weighted by atomic mass is 9.52. The molecule has 1 N–H and O–H groups in total. The van der Waals surface area contributed by atoms with Gasteiger partial charge in [0, 0.05) is 22.9 Å². The maximum atomic E-state index is 13.6. The fourth-order valence-corrected chi connectivity index (χ4v) is 5.03. The molecule has 1 saturated heterocycles. The van der Waals surface area contributed by atoms with Gasteiger partial charge < -0.3 is 5.32 Å². The minimum absolute atomic E-state index is 0.195. The molecule has 4 rings (SSSR count). The van der Waals surface area contributed by atoms with E-state index in [0.717, 1.165) is 30.4 Å². The largest absolute Gasteiger partial charge is 0.301 e. The monoisotopic (exact) mass is 355 g/mol. The Morgan fingerprint density at radius 2 is 1.19 bits per heavy atom. The maximum absolute atomic E-state index is 13.6. The molecule has 136 valence electrons. The van der Waals surface area contributed by atoms with Crippen LogP contribution >= 0.6 is 0 Å². The van der Waals surface area contributed by atoms with Crippen LogP contribution in [-0.2, 0) is 4.79 Å². The van der Waals surface area contributed by atoms with Gasteiger partial charge in [-0.05, 0) is 48.2 Å². The van der Waals surface area contributed by atoms with E-state index in [0.29, 0.717) is 0 Å². The van der Waals surface area contributed by atoms with Gasteiger partial charge in [-0.2, -0.15) is 0 Å². The number of hydrogen-bond acceptors (Lipinski definition) is 2. The minimum Gasteiger partial charge on any atom is -0.301 e. The van der Waals surface area contributed by atoms with Crippen LogP contribution in [0.1, 0.15) is 56.3 Å². The second kappa shape index (κ2) is 5.98. The Kier molecular flexibility index (Phi) is 3.99. The predicted octanol–water partition coefficient (Wildman–Crippen LogP) is 5.12. The van der Waals surface area contributed by atoms with Crippen LogP contribution in [0.5, 0.6) is 0 Å². The Bertz CT molecular complexity index is 765. The van der Waals surface area contributed by atoms with Gasteiger partial charge in [-0.15, -0.1) is 0 Å². The lowest BCUT2D eigenvalue weighted by Crippen LogP contribution is -2.61. The van der Waals surface area contributed by atoms with Crippen LogP contribution in [0.4, 0.5) is 8.78 Å². The molecule has 0 amide bonds. The zero-order valence-corrected chi connectivity index (χ0v) is 15.1. The SMILES string of the molecule is C[C@]12CCC[C@](C)(C1=O)C(c1ccc(F)cc1)NC2c1ccc(F)cc1. The molecule has 2 unspecified atom stereocenters. The van der Waals surface area contributed by atoms with E-state index in [9.17, 15) is 13.6 Å². The first-order valence-electron chi connectivity index (χ1n) is 9.16. The van der Waals surface area contributed by atoms with Crippen LogP contribution in [0.3, 0.4) is 0 Å². The van der Waals surface area contributed by atoms with Crippen molar-refractivity contribution in [3.63, 3.8) is 0 Å². The normalized spacial score (nSPS) is 33.9. The number of Topliss-reactive ketones (excluding diaryl/α,β-unsaturated/α-hetero) is 1. The van der Waals surface area contributed by atoms with Gasteiger partial charge in [0.05, 0.1) is 0 Å². The lowest BCUT2D eigenvalue weighted by Gasteiger charge is -2.56. The topological polar surface area (TPSA) is 29.1 Å². The van der Waals surface area contributed by atoms with Crippen LogP contribution in [0, 0.1) is 22.5 Å². The highest BCUT2D eigenvalue weighted by molar-refractivity contribution is 5.93. The molecule has 0 aromatic heterocycles. The predicted molar refractivity (Wildman–Crippen MR) is 96.5 cm³/mol. The van der Waals surface area contributed by atoms with E-state index in [1.54, 1.807) is 24.3 Å². The zero-order valence-electron chi connectivity index (χ0n) is 15.1. The molecule has 2 aromatic rings. The molecule has 1 aliphatic carbocycles. The van der Waals surface area contributed by atoms with Gasteiger partial charge in [0.25, 0.3) is 0 Å². The van der Waals surface area contributed by atoms with Gasteiger partial charge in [0.1, 0.15) is 17.4 Å². The highest BCUT2D eigenvalue weighted by Crippen LogP contribution is 2.58. The molecule has 4 atom stereocenters. The van der Waals surface area contributed by atoms with Crippen molar-refractivity contribution in [1.29, 1.82) is 0 Å². The van der Waals surface area contributed by atoms with Crippen molar-refractivity contribution in [2.45, 2.75) is 45.2 Å². The number of benzene rings is 2. The van der Waals surface area contributed by atoms with Gasteiger partial charge in [-0.25, -0.2) is 8.78 Å². The minimum atomic E-state index is -0.526. The van der Waals surface area contributed by atoms with Crippen molar-refractivity contribution in [3.8, 4) is 0 Å². The summed E-state index contributed by atoms with van der Waals surface area (Å²) in [6.45, 7) is 4.04. The number of ketones is 1. The molecule has 1 heterocycles. The highest BCUT2D eigenvalue weighted by atomic mass is 19.1. The van der Waals surface area contributed by atoms with Crippen molar-refractivity contribution < 1.29 is 13.6 Å². The Balaban J connectivity index is 1.81. The lowest BCUT2D eigenvalue weighted by molar-refractivity contribution is -0.153. The first-order valence-corrected chi connectivity index (χ1v) is 9.16. The fourth-order valence-electron chi connectivity index (χ4n) is 5.03. The van der Waals surface area contributed by atoms with E-state index in [2.05, 4.69) is 5.32 Å². The smallest absolute Gasteiger partial charge is 0.148 e. The van der Waals surface area contributed by atoms with Gasteiger partial charge in [0.2, 0.25) is 0 Å². The number of carbonyl (C=O) groups is 1. The van der Waals surface area contributed by atoms with E-state index in [1.165, 1.54) is 24.3 Å². The summed E-state index contributed by atoms with van der Waals surface area (Å²) >= 11 is 0. The molecule has 2 nitrogen and oxygen atoms in total. The van der Waals surface area contributed by atoms with E-state index in [1.807, 2.05) is 13.8 Å². The van der Waals surface area contributed by atoms with Crippen LogP contribution in [0.2, 0.25) is 0 Å². The summed E-state index contributed by atoms with van der Waals surface area (Å²) < 4.78 is 26.8. The Morgan fingerprint density at radius 3 is 1.58 bits per heavy atom. The molecular formula is C22H23F2NO. The molecule has 1 saturated carbocycles. The second-order valence-electron chi connectivity index (χ2n) is 8.15. The average molecular weight is 355 g/mol. The van der Waals surface area contributed by atoms with E-state index < -0.39 is 10.8 Å². The standard InChI is InChI=1S/C22H23F2NO/c1-21-12-3-13-22(2,20(21)26)19(15-6-10-17(24)11-7-15)25-18(21)14-4-8-16(23)9-5-14/h4-11,18-19,25H,3,12-13H2,1-2H3/t18?,19?,21-,22+. The van der Waals surface area contributed by atoms with Crippen molar-refractivity contribution >= 4 is 5.78 Å². The van der Waals surface area contributed by atoms with Crippen LogP contribution in [0.25, 0.3) is 0 Å². The molecule has 1 aliphatic heterocycles. The summed E-state index contributed by atoms with van der Waals surface area (Å²) in [7, 11) is 0. The third-order valence-corrected chi connectivity index (χ3v) is 6.44. The zero-order chi connectivity index (χ0) is 18.5. The Morgan fingerprint density at radius 1 is 0.808 bits per heavy atom. The molecule has 2 bridgehead atoms. The molecular weight excluding hydrogens is 332 g/mol. The summed E-state index contributed by atoms with van der Waals surface area (Å²) in [5.74, 6) is -0.326. The quantitative estimate of drug-likeness (QED) is 0.810. The van der Waals surface area contributed by atoms with E-state index in [-0.39, 0.29) is 29.5 Å². The number of piperidine rings is 1. The molecule has 0 radical (unpaired) electrons. The van der Waals surface area contributed by atoms with Gasteiger partial charge in [-0.3, -0.25) is 4.79 Å². The van der Waals surface area contributed by atoms with Crippen molar-refractivity contribution in [2.75, 3.05) is 0 Å². The number of hydrogen-bond donors (Lipinski definition) is 1. The number of fused-ring (bicyclic) bond motifs is 2. The van der Waals surface area contributed by atoms with E-state index in [4.69, 9.17) is 0 Å². The van der Waals surface area contributed by atoms with Crippen LogP contribution in [0.15, 0.2) is 48.5 Å². The maximum Gasteiger partial charge on any atom is 0.148 e. The summed E-state index contributed by atoms with van der Waals surface area (Å²) in [5.41, 5.74) is 0.777. The molecule has 4 heteroatoms. The van der Waals surface area contributed by atoms with Gasteiger partial charge in [0.15, 0.2) is 0 Å². The van der Waals surface area contributed by atoms with Gasteiger partial charge >= 0.3 is 0 Å². The highest BCUT2D eigenvalue weighted by Gasteiger charge is 2.60. The summed E-state index contributed by atoms with van der Waals surface area (Å²) in [4.78, 5) is 13.6. The molecule has 26 heavy (non-hydrogen) atoms. The van der Waals surface area contributed by atoms with Crippen molar-refractivity contribution in [2.24, 2.45) is 10.8 Å². The third kappa shape index (κ3) is 2.50. The molecule has 2 aromatic carbocycles. The molecule has 2 fully saturated rings. The Hall–Kier alpha value is -2.07. The summed E-state index contributed by atoms with van der Waals surface area (Å²) in [6, 6.07) is 12.4. The average Bonchev–Trinajstić information content (AvgIpc) is 2.61. The van der Waals surface area contributed by atoms with E-state index >= 15 is 0 Å². The second-order valence-corrected chi connectivity index (χ2v) is 8.15. The number of nitrogens with one attached hydrogen (secondary N) is 1.